The summed E-state index contributed by atoms with van der Waals surface area (Å²) in [6.45, 7) is 8.64. The zero-order valence-electron chi connectivity index (χ0n) is 19.2. The summed E-state index contributed by atoms with van der Waals surface area (Å²) >= 11 is 6.58. The van der Waals surface area contributed by atoms with Gasteiger partial charge in [0.2, 0.25) is 0 Å². The molecule has 0 spiro atoms. The van der Waals surface area contributed by atoms with Crippen molar-refractivity contribution in [2.24, 2.45) is 0 Å². The van der Waals surface area contributed by atoms with Crippen LogP contribution in [0, 0.1) is 20.8 Å². The number of nitrogens with zero attached hydrogens (tertiary/aromatic N) is 2. The number of halogens is 1. The number of amides is 2. The average Bonchev–Trinajstić information content (AvgIpc) is 2.81. The van der Waals surface area contributed by atoms with Crippen molar-refractivity contribution in [1.29, 1.82) is 0 Å². The number of carbonyl (C=O) groups excluding carboxylic acids is 2. The highest BCUT2D eigenvalue weighted by Gasteiger charge is 2.24. The van der Waals surface area contributed by atoms with Gasteiger partial charge in [-0.25, -0.2) is 0 Å². The van der Waals surface area contributed by atoms with Gasteiger partial charge in [0.1, 0.15) is 0 Å². The maximum Gasteiger partial charge on any atom is 0.255 e. The number of hydrogen-bond donors (Lipinski definition) is 1. The van der Waals surface area contributed by atoms with E-state index in [0.717, 1.165) is 27.9 Å². The summed E-state index contributed by atoms with van der Waals surface area (Å²) in [5.41, 5.74) is 6.16. The minimum Gasteiger partial charge on any atom is -0.367 e. The van der Waals surface area contributed by atoms with Gasteiger partial charge >= 0.3 is 0 Å². The van der Waals surface area contributed by atoms with Crippen molar-refractivity contribution in [1.82, 2.24) is 4.90 Å². The Hall–Kier alpha value is -3.31. The topological polar surface area (TPSA) is 52.7 Å². The summed E-state index contributed by atoms with van der Waals surface area (Å²) < 4.78 is 0. The number of rotatable bonds is 4. The van der Waals surface area contributed by atoms with Crippen molar-refractivity contribution in [2.75, 3.05) is 36.4 Å². The molecule has 6 heteroatoms. The number of piperazine rings is 1. The number of aryl methyl sites for hydroxylation is 3. The lowest BCUT2D eigenvalue weighted by molar-refractivity contribution is 0.0746. The van der Waals surface area contributed by atoms with Crippen LogP contribution in [0.1, 0.15) is 37.4 Å². The number of hydrogen-bond acceptors (Lipinski definition) is 3. The highest BCUT2D eigenvalue weighted by molar-refractivity contribution is 6.33. The molecular weight excluding hydrogens is 434 g/mol. The van der Waals surface area contributed by atoms with Crippen LogP contribution >= 0.6 is 11.6 Å². The van der Waals surface area contributed by atoms with Gasteiger partial charge in [0.25, 0.3) is 11.8 Å². The maximum absolute atomic E-state index is 12.9. The lowest BCUT2D eigenvalue weighted by Gasteiger charge is -2.36. The van der Waals surface area contributed by atoms with Gasteiger partial charge in [-0.2, -0.15) is 0 Å². The van der Waals surface area contributed by atoms with Crippen LogP contribution in [0.3, 0.4) is 0 Å². The third-order valence-corrected chi connectivity index (χ3v) is 6.56. The Morgan fingerprint density at radius 3 is 2.21 bits per heavy atom. The molecule has 33 heavy (non-hydrogen) atoms. The average molecular weight is 462 g/mol. The first-order valence-corrected chi connectivity index (χ1v) is 11.5. The molecule has 0 radical (unpaired) electrons. The summed E-state index contributed by atoms with van der Waals surface area (Å²) in [5, 5.41) is 3.50. The quantitative estimate of drug-likeness (QED) is 0.559. The first-order valence-electron chi connectivity index (χ1n) is 11.1. The number of anilines is 2. The van der Waals surface area contributed by atoms with E-state index in [1.54, 1.807) is 6.07 Å². The van der Waals surface area contributed by atoms with Crippen LogP contribution in [0.4, 0.5) is 11.4 Å². The lowest BCUT2D eigenvalue weighted by Crippen LogP contribution is -2.49. The van der Waals surface area contributed by atoms with E-state index in [1.807, 2.05) is 80.3 Å². The van der Waals surface area contributed by atoms with E-state index < -0.39 is 0 Å². The molecule has 1 aliphatic heterocycles. The third kappa shape index (κ3) is 5.04. The van der Waals surface area contributed by atoms with Crippen molar-refractivity contribution in [2.45, 2.75) is 20.8 Å². The second kappa shape index (κ2) is 9.67. The summed E-state index contributed by atoms with van der Waals surface area (Å²) in [6.07, 6.45) is 0. The van der Waals surface area contributed by atoms with Gasteiger partial charge in [0, 0.05) is 43.0 Å². The van der Waals surface area contributed by atoms with Gasteiger partial charge in [-0.05, 0) is 73.9 Å². The van der Waals surface area contributed by atoms with E-state index in [1.165, 1.54) is 0 Å². The molecule has 1 heterocycles. The predicted octanol–water partition coefficient (Wildman–Crippen LogP) is 5.48. The Balaban J connectivity index is 1.39. The van der Waals surface area contributed by atoms with E-state index in [4.69, 9.17) is 11.6 Å². The smallest absolute Gasteiger partial charge is 0.255 e. The molecule has 0 unspecified atom stereocenters. The highest BCUT2D eigenvalue weighted by atomic mass is 35.5. The van der Waals surface area contributed by atoms with Gasteiger partial charge in [-0.1, -0.05) is 35.9 Å². The van der Waals surface area contributed by atoms with E-state index in [9.17, 15) is 9.59 Å². The summed E-state index contributed by atoms with van der Waals surface area (Å²) in [7, 11) is 0. The molecule has 0 aromatic heterocycles. The van der Waals surface area contributed by atoms with E-state index >= 15 is 0 Å². The fraction of sp³-hybridized carbons (Fsp3) is 0.259. The first kappa shape index (κ1) is 22.9. The molecule has 0 aliphatic carbocycles. The highest BCUT2D eigenvalue weighted by Crippen LogP contribution is 2.30. The molecule has 0 bridgehead atoms. The molecule has 1 saturated heterocycles. The molecule has 0 saturated carbocycles. The SMILES string of the molecule is Cc1ccc(C(=O)Nc2ccc(N3CCN(C(=O)c4ccccc4C)CC3)c(Cl)c2)cc1C. The van der Waals surface area contributed by atoms with Crippen LogP contribution in [0.15, 0.2) is 60.7 Å². The Morgan fingerprint density at radius 1 is 0.818 bits per heavy atom. The van der Waals surface area contributed by atoms with Crippen LogP contribution in [0.25, 0.3) is 0 Å². The molecule has 1 aliphatic rings. The van der Waals surface area contributed by atoms with Gasteiger partial charge in [0.15, 0.2) is 0 Å². The molecular formula is C27H28ClN3O2. The van der Waals surface area contributed by atoms with Crippen molar-refractivity contribution in [3.05, 3.63) is 93.5 Å². The number of nitrogens with one attached hydrogen (secondary N) is 1. The molecule has 170 valence electrons. The summed E-state index contributed by atoms with van der Waals surface area (Å²) in [6, 6.07) is 18.9. The predicted molar refractivity (Wildman–Crippen MR) is 135 cm³/mol. The minimum absolute atomic E-state index is 0.0725. The van der Waals surface area contributed by atoms with E-state index in [2.05, 4.69) is 10.2 Å². The van der Waals surface area contributed by atoms with Gasteiger partial charge in [0.05, 0.1) is 10.7 Å². The minimum atomic E-state index is -0.162. The molecule has 1 N–H and O–H groups in total. The van der Waals surface area contributed by atoms with Crippen molar-refractivity contribution in [3.63, 3.8) is 0 Å². The third-order valence-electron chi connectivity index (χ3n) is 6.26. The zero-order chi connectivity index (χ0) is 23.5. The zero-order valence-corrected chi connectivity index (χ0v) is 19.9. The van der Waals surface area contributed by atoms with Gasteiger partial charge in [-0.15, -0.1) is 0 Å². The second-order valence-corrected chi connectivity index (χ2v) is 8.92. The normalized spacial score (nSPS) is 13.7. The monoisotopic (exact) mass is 461 g/mol. The van der Waals surface area contributed by atoms with Gasteiger partial charge in [-0.3, -0.25) is 9.59 Å². The number of benzene rings is 3. The van der Waals surface area contributed by atoms with Crippen LogP contribution in [-0.4, -0.2) is 42.9 Å². The second-order valence-electron chi connectivity index (χ2n) is 8.51. The number of carbonyl (C=O) groups is 2. The van der Waals surface area contributed by atoms with Crippen LogP contribution in [0.5, 0.6) is 0 Å². The molecule has 5 nitrogen and oxygen atoms in total. The summed E-state index contributed by atoms with van der Waals surface area (Å²) in [5.74, 6) is -0.0894. The molecule has 3 aromatic rings. The van der Waals surface area contributed by atoms with Crippen LogP contribution in [0.2, 0.25) is 5.02 Å². The Morgan fingerprint density at radius 2 is 1.55 bits per heavy atom. The fourth-order valence-electron chi connectivity index (χ4n) is 4.06. The van der Waals surface area contributed by atoms with Crippen molar-refractivity contribution in [3.8, 4) is 0 Å². The summed E-state index contributed by atoms with van der Waals surface area (Å²) in [4.78, 5) is 29.6. The standard InChI is InChI=1S/C27H28ClN3O2/c1-18-8-9-21(16-20(18)3)26(32)29-22-10-11-25(24(28)17-22)30-12-14-31(15-13-30)27(33)23-7-5-4-6-19(23)2/h4-11,16-17H,12-15H2,1-3H3,(H,29,32). The Bertz CT molecular complexity index is 1200. The van der Waals surface area contributed by atoms with Gasteiger partial charge < -0.3 is 15.1 Å². The molecule has 4 rings (SSSR count). The fourth-order valence-corrected chi connectivity index (χ4v) is 4.36. The van der Waals surface area contributed by atoms with Crippen molar-refractivity contribution < 1.29 is 9.59 Å². The maximum atomic E-state index is 12.9. The van der Waals surface area contributed by atoms with Crippen LogP contribution < -0.4 is 10.2 Å². The molecule has 2 amide bonds. The van der Waals surface area contributed by atoms with Crippen LogP contribution in [-0.2, 0) is 0 Å². The Labute approximate surface area is 200 Å². The largest absolute Gasteiger partial charge is 0.367 e. The van der Waals surface area contributed by atoms with E-state index in [0.29, 0.717) is 42.5 Å². The van der Waals surface area contributed by atoms with Crippen molar-refractivity contribution >= 4 is 34.8 Å². The molecule has 1 fully saturated rings. The Kier molecular flexibility index (Phi) is 6.70. The lowest BCUT2D eigenvalue weighted by atomic mass is 10.1. The molecule has 0 atom stereocenters. The first-order chi connectivity index (χ1) is 15.8. The molecule has 3 aromatic carbocycles. The van der Waals surface area contributed by atoms with E-state index in [-0.39, 0.29) is 11.8 Å².